The lowest BCUT2D eigenvalue weighted by Crippen LogP contribution is -2.37. The Hall–Kier alpha value is -2.11. The second-order valence-corrected chi connectivity index (χ2v) is 7.19. The molecule has 2 atom stereocenters. The van der Waals surface area contributed by atoms with E-state index in [0.29, 0.717) is 5.92 Å². The number of anilines is 2. The van der Waals surface area contributed by atoms with Gasteiger partial charge in [-0.05, 0) is 31.6 Å². The molecule has 4 rings (SSSR count). The summed E-state index contributed by atoms with van der Waals surface area (Å²) in [5.41, 5.74) is 0. The van der Waals surface area contributed by atoms with Crippen LogP contribution in [-0.2, 0) is 0 Å². The van der Waals surface area contributed by atoms with E-state index < -0.39 is 0 Å². The third kappa shape index (κ3) is 3.23. The van der Waals surface area contributed by atoms with Gasteiger partial charge in [0.1, 0.15) is 23.8 Å². The van der Waals surface area contributed by atoms with Gasteiger partial charge >= 0.3 is 0 Å². The summed E-state index contributed by atoms with van der Waals surface area (Å²) in [4.78, 5) is 21.6. The highest BCUT2D eigenvalue weighted by Gasteiger charge is 2.25. The highest BCUT2D eigenvalue weighted by atomic mass is 15.2. The molecule has 0 amide bonds. The molecule has 6 heteroatoms. The van der Waals surface area contributed by atoms with Crippen molar-refractivity contribution in [3.8, 4) is 0 Å². The summed E-state index contributed by atoms with van der Waals surface area (Å²) in [7, 11) is 0. The number of piperidine rings is 2. The van der Waals surface area contributed by atoms with Gasteiger partial charge in [-0.2, -0.15) is 0 Å². The maximum absolute atomic E-state index is 4.55. The minimum Gasteiger partial charge on any atom is -0.356 e. The zero-order chi connectivity index (χ0) is 16.4. The Morgan fingerprint density at radius 3 is 2.46 bits per heavy atom. The fraction of sp³-hybridized carbons (Fsp3) is 0.611. The third-order valence-corrected chi connectivity index (χ3v) is 5.27. The first-order chi connectivity index (χ1) is 11.8. The number of imidazole rings is 1. The summed E-state index contributed by atoms with van der Waals surface area (Å²) in [6.45, 7) is 6.57. The quantitative estimate of drug-likeness (QED) is 0.940. The van der Waals surface area contributed by atoms with Gasteiger partial charge in [0.15, 0.2) is 0 Å². The minimum atomic E-state index is 0.460. The Kier molecular flexibility index (Phi) is 4.36. The van der Waals surface area contributed by atoms with Gasteiger partial charge < -0.3 is 14.8 Å². The fourth-order valence-electron chi connectivity index (χ4n) is 3.99. The summed E-state index contributed by atoms with van der Waals surface area (Å²) < 4.78 is 0. The minimum absolute atomic E-state index is 0.460. The van der Waals surface area contributed by atoms with Crippen LogP contribution in [0.2, 0.25) is 0 Å². The van der Waals surface area contributed by atoms with Gasteiger partial charge in [-0.15, -0.1) is 0 Å². The van der Waals surface area contributed by atoms with Crippen molar-refractivity contribution in [1.29, 1.82) is 0 Å². The van der Waals surface area contributed by atoms with E-state index in [1.165, 1.54) is 25.7 Å². The summed E-state index contributed by atoms with van der Waals surface area (Å²) >= 11 is 0. The first-order valence-corrected chi connectivity index (χ1v) is 9.11. The van der Waals surface area contributed by atoms with Crippen molar-refractivity contribution in [2.45, 2.75) is 38.5 Å². The van der Waals surface area contributed by atoms with Gasteiger partial charge in [0.05, 0.1) is 0 Å². The molecule has 0 radical (unpaired) electrons. The van der Waals surface area contributed by atoms with Crippen LogP contribution in [0.25, 0.3) is 0 Å². The van der Waals surface area contributed by atoms with E-state index in [0.717, 1.165) is 49.6 Å². The monoisotopic (exact) mass is 326 g/mol. The van der Waals surface area contributed by atoms with Crippen molar-refractivity contribution >= 4 is 11.6 Å². The average Bonchev–Trinajstić information content (AvgIpc) is 3.17. The van der Waals surface area contributed by atoms with E-state index in [9.17, 15) is 0 Å². The van der Waals surface area contributed by atoms with E-state index in [4.69, 9.17) is 0 Å². The Balaban J connectivity index is 1.50. The van der Waals surface area contributed by atoms with E-state index in [1.54, 1.807) is 6.33 Å². The van der Waals surface area contributed by atoms with Crippen molar-refractivity contribution in [2.24, 2.45) is 5.92 Å². The Labute approximate surface area is 143 Å². The zero-order valence-electron chi connectivity index (χ0n) is 14.4. The normalized spacial score (nSPS) is 25.0. The molecule has 6 nitrogen and oxygen atoms in total. The van der Waals surface area contributed by atoms with Crippen molar-refractivity contribution in [3.05, 3.63) is 30.6 Å². The summed E-state index contributed by atoms with van der Waals surface area (Å²) in [6, 6.07) is 2.17. The molecule has 4 heterocycles. The second-order valence-electron chi connectivity index (χ2n) is 7.19. The molecule has 2 saturated heterocycles. The molecule has 2 fully saturated rings. The van der Waals surface area contributed by atoms with Crippen LogP contribution >= 0.6 is 0 Å². The summed E-state index contributed by atoms with van der Waals surface area (Å²) in [6.07, 6.45) is 10.4. The standard InChI is InChI=1S/C18H26N6/c1-14-4-2-8-23(11-14)16-10-17(22-13-21-16)24-9-3-5-15(12-24)18-19-6-7-20-18/h6-7,10,13-15H,2-5,8-9,11-12H2,1H3,(H,19,20). The lowest BCUT2D eigenvalue weighted by atomic mass is 9.97. The molecule has 0 aliphatic carbocycles. The lowest BCUT2D eigenvalue weighted by molar-refractivity contribution is 0.444. The highest BCUT2D eigenvalue weighted by Crippen LogP contribution is 2.29. The lowest BCUT2D eigenvalue weighted by Gasteiger charge is -2.34. The molecule has 24 heavy (non-hydrogen) atoms. The highest BCUT2D eigenvalue weighted by molar-refractivity contribution is 5.51. The molecular formula is C18H26N6. The number of H-pyrrole nitrogens is 1. The number of nitrogens with one attached hydrogen (secondary N) is 1. The van der Waals surface area contributed by atoms with Crippen LogP contribution in [0, 0.1) is 5.92 Å². The van der Waals surface area contributed by atoms with Crippen LogP contribution in [0.1, 0.15) is 44.3 Å². The molecule has 0 bridgehead atoms. The van der Waals surface area contributed by atoms with E-state index in [1.807, 2.05) is 12.4 Å². The van der Waals surface area contributed by atoms with E-state index in [-0.39, 0.29) is 0 Å². The zero-order valence-corrected chi connectivity index (χ0v) is 14.4. The molecule has 0 spiro atoms. The Bertz CT molecular complexity index is 655. The fourth-order valence-corrected chi connectivity index (χ4v) is 3.99. The van der Waals surface area contributed by atoms with Crippen molar-refractivity contribution in [2.75, 3.05) is 36.0 Å². The molecule has 2 aliphatic rings. The van der Waals surface area contributed by atoms with Gasteiger partial charge in [0.2, 0.25) is 0 Å². The number of nitrogens with zero attached hydrogens (tertiary/aromatic N) is 5. The van der Waals surface area contributed by atoms with Gasteiger partial charge in [-0.1, -0.05) is 6.92 Å². The van der Waals surface area contributed by atoms with E-state index >= 15 is 0 Å². The van der Waals surface area contributed by atoms with Crippen molar-refractivity contribution in [3.63, 3.8) is 0 Å². The van der Waals surface area contributed by atoms with Crippen LogP contribution in [0.5, 0.6) is 0 Å². The SMILES string of the molecule is CC1CCCN(c2cc(N3CCCC(c4ncc[nH]4)C3)ncn2)C1. The molecule has 2 aromatic heterocycles. The first kappa shape index (κ1) is 15.4. The van der Waals surface area contributed by atoms with Crippen LogP contribution in [0.15, 0.2) is 24.8 Å². The Morgan fingerprint density at radius 2 is 1.75 bits per heavy atom. The van der Waals surface area contributed by atoms with Crippen LogP contribution in [-0.4, -0.2) is 46.1 Å². The molecule has 0 aromatic carbocycles. The summed E-state index contributed by atoms with van der Waals surface area (Å²) in [5.74, 6) is 4.43. The molecular weight excluding hydrogens is 300 g/mol. The molecule has 1 N–H and O–H groups in total. The third-order valence-electron chi connectivity index (χ3n) is 5.27. The van der Waals surface area contributed by atoms with Crippen LogP contribution < -0.4 is 9.80 Å². The molecule has 0 saturated carbocycles. The van der Waals surface area contributed by atoms with Gasteiger partial charge in [0, 0.05) is 50.6 Å². The second kappa shape index (κ2) is 6.79. The maximum Gasteiger partial charge on any atom is 0.134 e. The van der Waals surface area contributed by atoms with E-state index in [2.05, 4.69) is 42.7 Å². The number of aromatic nitrogens is 4. The smallest absolute Gasteiger partial charge is 0.134 e. The van der Waals surface area contributed by atoms with Crippen LogP contribution in [0.4, 0.5) is 11.6 Å². The maximum atomic E-state index is 4.55. The predicted molar refractivity (Wildman–Crippen MR) is 95.4 cm³/mol. The number of aromatic amines is 1. The molecule has 2 unspecified atom stereocenters. The predicted octanol–water partition coefficient (Wildman–Crippen LogP) is 2.82. The van der Waals surface area contributed by atoms with Gasteiger partial charge in [-0.25, -0.2) is 15.0 Å². The topological polar surface area (TPSA) is 60.9 Å². The molecule has 128 valence electrons. The number of hydrogen-bond acceptors (Lipinski definition) is 5. The van der Waals surface area contributed by atoms with Gasteiger partial charge in [-0.3, -0.25) is 0 Å². The average molecular weight is 326 g/mol. The largest absolute Gasteiger partial charge is 0.356 e. The van der Waals surface area contributed by atoms with Crippen molar-refractivity contribution in [1.82, 2.24) is 19.9 Å². The van der Waals surface area contributed by atoms with Crippen molar-refractivity contribution < 1.29 is 0 Å². The van der Waals surface area contributed by atoms with Gasteiger partial charge in [0.25, 0.3) is 0 Å². The first-order valence-electron chi connectivity index (χ1n) is 9.11. The van der Waals surface area contributed by atoms with Crippen LogP contribution in [0.3, 0.4) is 0 Å². The number of hydrogen-bond donors (Lipinski definition) is 1. The Morgan fingerprint density at radius 1 is 1.00 bits per heavy atom. The summed E-state index contributed by atoms with van der Waals surface area (Å²) in [5, 5.41) is 0. The number of rotatable bonds is 3. The molecule has 2 aromatic rings. The molecule has 2 aliphatic heterocycles.